The first-order chi connectivity index (χ1) is 61.2. The van der Waals surface area contributed by atoms with Gasteiger partial charge in [0.05, 0.1) is 28.1 Å². The fourth-order valence-electron chi connectivity index (χ4n) is 19.2. The molecule has 9 nitrogen and oxygen atoms in total. The van der Waals surface area contributed by atoms with E-state index >= 15 is 0 Å². The van der Waals surface area contributed by atoms with Crippen LogP contribution >= 0.6 is 0 Å². The average molecular weight is 2280 g/mol. The summed E-state index contributed by atoms with van der Waals surface area (Å²) >= 11 is 0. The Morgan fingerprint density at radius 3 is 1.21 bits per heavy atom. The molecule has 12 heteroatoms. The number of rotatable bonds is 25. The van der Waals surface area contributed by atoms with Crippen molar-refractivity contribution in [3.05, 3.63) is 445 Å². The zero-order chi connectivity index (χ0) is 87.6. The molecule has 690 valence electrons. The van der Waals surface area contributed by atoms with E-state index in [0.29, 0.717) is 47.5 Å². The quantitative estimate of drug-likeness (QED) is 0.0418. The molecule has 1 fully saturated rings. The molecule has 18 rings (SSSR count). The summed E-state index contributed by atoms with van der Waals surface area (Å²) in [5.74, 6) is 2.63. The fraction of sp³-hybridized carbons (Fsp3) is 0.293. The Morgan fingerprint density at radius 1 is 0.319 bits per heavy atom. The first-order valence-electron chi connectivity index (χ1n) is 46.5. The first kappa shape index (κ1) is 112. The number of nitrogens with zero attached hydrogens (tertiary/aromatic N) is 9. The van der Waals surface area contributed by atoms with Crippen LogP contribution in [0.5, 0.6) is 0 Å². The van der Waals surface area contributed by atoms with Gasteiger partial charge in [-0.1, -0.05) is 465 Å². The predicted molar refractivity (Wildman–Crippen MR) is 574 cm³/mol. The van der Waals surface area contributed by atoms with Crippen molar-refractivity contribution < 1.29 is 77.5 Å². The van der Waals surface area contributed by atoms with Crippen LogP contribution in [0.2, 0.25) is 0 Å². The molecule has 0 aliphatic heterocycles. The van der Waals surface area contributed by atoms with Crippen LogP contribution in [0.15, 0.2) is 285 Å². The Morgan fingerprint density at radius 2 is 0.719 bits per heavy atom. The molecule has 0 bridgehead atoms. The Labute approximate surface area is 869 Å². The fourth-order valence-corrected chi connectivity index (χ4v) is 19.2. The van der Waals surface area contributed by atoms with Gasteiger partial charge in [0.1, 0.15) is 0 Å². The summed E-state index contributed by atoms with van der Waals surface area (Å²) in [4.78, 5) is 16.1. The molecule has 135 heavy (non-hydrogen) atoms. The summed E-state index contributed by atoms with van der Waals surface area (Å²) in [5, 5.41) is 36.6. The minimum absolute atomic E-state index is 0. The summed E-state index contributed by atoms with van der Waals surface area (Å²) in [7, 11) is 0. The third-order valence-electron chi connectivity index (χ3n) is 25.9. The predicted octanol–water partition coefficient (Wildman–Crippen LogP) is 38.6. The second-order valence-electron chi connectivity index (χ2n) is 37.1. The molecule has 0 saturated heterocycles. The van der Waals surface area contributed by atoms with Gasteiger partial charge in [0.15, 0.2) is 0 Å². The Hall–Kier alpha value is -9.56. The number of hydrogen-bond donors (Lipinski definition) is 0. The van der Waals surface area contributed by atoms with E-state index in [1.54, 1.807) is 0 Å². The van der Waals surface area contributed by atoms with Crippen LogP contribution < -0.4 is 0 Å². The molecule has 0 amide bonds. The van der Waals surface area contributed by atoms with E-state index in [4.69, 9.17) is 46.9 Å². The van der Waals surface area contributed by atoms with Gasteiger partial charge in [-0.25, -0.2) is 9.97 Å². The van der Waals surface area contributed by atoms with E-state index in [9.17, 15) is 0 Å². The van der Waals surface area contributed by atoms with Gasteiger partial charge in [0.25, 0.3) is 0 Å². The van der Waals surface area contributed by atoms with Crippen molar-refractivity contribution in [3.63, 3.8) is 0 Å². The number of aromatic nitrogens is 3. The summed E-state index contributed by atoms with van der Waals surface area (Å²) in [6, 6.07) is 102. The van der Waals surface area contributed by atoms with E-state index in [0.717, 1.165) is 117 Å². The molecule has 3 aliphatic rings. The average Bonchev–Trinajstić information content (AvgIpc) is 1.20. The van der Waals surface area contributed by atoms with Crippen molar-refractivity contribution in [1.29, 1.82) is 0 Å². The van der Waals surface area contributed by atoms with Gasteiger partial charge in [-0.15, -0.1) is 52.4 Å². The number of benzene rings is 12. The monoisotopic (exact) mass is 2280 g/mol. The van der Waals surface area contributed by atoms with Crippen LogP contribution in [0.25, 0.3) is 98.3 Å². The maximum atomic E-state index is 5.72. The number of aryl methyl sites for hydroxylation is 3. The molecule has 0 radical (unpaired) electrons. The van der Waals surface area contributed by atoms with Gasteiger partial charge in [0, 0.05) is 22.4 Å². The van der Waals surface area contributed by atoms with E-state index in [-0.39, 0.29) is 140 Å². The van der Waals surface area contributed by atoms with E-state index in [1.807, 2.05) is 6.07 Å². The van der Waals surface area contributed by atoms with Gasteiger partial charge in [0.2, 0.25) is 0 Å². The van der Waals surface area contributed by atoms with Gasteiger partial charge < -0.3 is 76.5 Å². The van der Waals surface area contributed by atoms with Crippen molar-refractivity contribution in [2.45, 2.75) is 234 Å². The second kappa shape index (κ2) is 51.7. The Balaban J connectivity index is 0.000000268. The summed E-state index contributed by atoms with van der Waals surface area (Å²) in [6.07, 6.45) is 10.5. The molecule has 3 atom stereocenters. The largest absolute Gasteiger partial charge is 4.00 e. The second-order valence-corrected chi connectivity index (χ2v) is 37.1. The normalized spacial score (nSPS) is 13.7. The van der Waals surface area contributed by atoms with Gasteiger partial charge in [-0.2, -0.15) is 0 Å². The molecular formula is C123H141Hf3N9. The molecule has 0 spiro atoms. The van der Waals surface area contributed by atoms with E-state index < -0.39 is 0 Å². The standard InChI is InChI=1S/C44H51N3.C37H37N3.C36H35N3.6CH3.3Hf/c1-29(2)35-19-12-13-21-39(35)44(47-43-36(30(3)4)22-14-23-37(43)31(5)6)41-25-15-24-40(46-41)42-33(28-45-34-17-8-7-9-18-34)27-26-32-16-10-11-20-38(32)42;1-23(2)28-14-10-15-29(24(3)4)37(28)40-34-18-9-13-27-20-21-32(39-36(27)34)30-16-8-12-26-19-22-33(35(26)30)38-31-17-7-6-11-25(31)5;1-23(2)28-15-10-16-29(24(3)4)36(28)39-33-18-9-12-26-20-21-31(38-35(26)33)30-17-8-11-25-19-22-32(34(25)30)37-27-13-6-5-7-14-27;;;;;;;;;/h10-16,19-27,29-31,34,44H,7-9,17-18,28H2,1-6H3;6-18,20-21,23-24,33H,19,22H2,1-5H3;5-18,20-21,23-24,32H,19,22H2,1-4H3;6*1H3;;;/q3*-2;6*-1;3*+4. The molecule has 0 N–H and O–H groups in total. The van der Waals surface area contributed by atoms with E-state index in [2.05, 4.69) is 383 Å². The number of fused-ring (bicyclic) bond motifs is 5. The summed E-state index contributed by atoms with van der Waals surface area (Å²) in [6.45, 7) is 34.4. The number of hydrogen-bond acceptors (Lipinski definition) is 3. The van der Waals surface area contributed by atoms with Crippen molar-refractivity contribution in [2.24, 2.45) is 0 Å². The van der Waals surface area contributed by atoms with Gasteiger partial charge in [-0.3, -0.25) is 4.98 Å². The van der Waals surface area contributed by atoms with Crippen LogP contribution in [0.4, 0.5) is 39.8 Å². The van der Waals surface area contributed by atoms with Crippen molar-refractivity contribution >= 4 is 72.4 Å². The van der Waals surface area contributed by atoms with Crippen molar-refractivity contribution in [3.8, 4) is 33.8 Å². The van der Waals surface area contributed by atoms with Crippen molar-refractivity contribution in [2.75, 3.05) is 0 Å². The molecule has 15 aromatic rings. The minimum Gasteiger partial charge on any atom is -0.678 e. The van der Waals surface area contributed by atoms with Gasteiger partial charge in [-0.05, 0) is 141 Å². The Bertz CT molecular complexity index is 6250. The number of para-hydroxylation sites is 7. The zero-order valence-electron chi connectivity index (χ0n) is 84.1. The third kappa shape index (κ3) is 25.7. The molecule has 3 aliphatic carbocycles. The van der Waals surface area contributed by atoms with Crippen molar-refractivity contribution in [1.82, 2.24) is 15.0 Å². The molecule has 3 unspecified atom stereocenters. The van der Waals surface area contributed by atoms with Gasteiger partial charge >= 0.3 is 77.5 Å². The maximum absolute atomic E-state index is 5.72. The third-order valence-corrected chi connectivity index (χ3v) is 25.9. The van der Waals surface area contributed by atoms with Crippen LogP contribution in [0.1, 0.15) is 285 Å². The smallest absolute Gasteiger partial charge is 0.678 e. The first-order valence-corrected chi connectivity index (χ1v) is 46.5. The van der Waals surface area contributed by atoms with Crippen LogP contribution in [-0.4, -0.2) is 21.0 Å². The SMILES string of the molecule is CC(C)c1cccc(C(C)C)c1[N-]c1cccc2ccc(-c3cccc4c3C([N-]c3ccccc3)CC4)nc12.CC(C)c1ccccc1C([N-]c1c(C(C)C)cccc1C(C)C)c1cccc(-c2c(C[N-]C3CCCCC3)ccc3ccccc23)n1.Cc1ccccc1[N-]C1CCc2cccc(-c3ccc4cccc([N-]c5c(C(C)C)cccc5C(C)C)c4n3)c21.[CH3-].[CH3-].[CH3-].[CH3-].[CH3-].[CH3-].[Hf+4].[Hf+4].[Hf+4]. The molecular weight excluding hydrogens is 2140 g/mol. The summed E-state index contributed by atoms with van der Waals surface area (Å²) < 4.78 is 0. The molecule has 1 saturated carbocycles. The summed E-state index contributed by atoms with van der Waals surface area (Å²) in [5.41, 5.74) is 34.7. The maximum Gasteiger partial charge on any atom is 4.00 e. The van der Waals surface area contributed by atoms with E-state index in [1.165, 1.54) is 137 Å². The molecule has 3 heterocycles. The van der Waals surface area contributed by atoms with Crippen LogP contribution in [-0.2, 0) is 96.9 Å². The van der Waals surface area contributed by atoms with Crippen LogP contribution in [0.3, 0.4) is 0 Å². The molecule has 12 aromatic carbocycles. The molecule has 3 aromatic heterocycles. The minimum atomic E-state index is -0.240. The zero-order valence-corrected chi connectivity index (χ0v) is 94.9. The van der Waals surface area contributed by atoms with Crippen LogP contribution in [0, 0.1) is 51.5 Å². The Kier molecular flexibility index (Phi) is 43.1. The number of pyridine rings is 3. The topological polar surface area (TPSA) is 123 Å².